The highest BCUT2D eigenvalue weighted by Gasteiger charge is 2.39. The van der Waals surface area contributed by atoms with Crippen LogP contribution in [-0.2, 0) is 10.8 Å². The second-order valence-electron chi connectivity index (χ2n) is 19.4. The van der Waals surface area contributed by atoms with Gasteiger partial charge in [-0.05, 0) is 104 Å². The lowest BCUT2D eigenvalue weighted by Gasteiger charge is -2.29. The predicted octanol–water partition coefficient (Wildman–Crippen LogP) is 15.6. The highest BCUT2D eigenvalue weighted by molar-refractivity contribution is 5.90. The minimum atomic E-state index is -0.496. The van der Waals surface area contributed by atoms with E-state index in [0.29, 0.717) is 16.8 Å². The Kier molecular flexibility index (Phi) is 10.5. The quantitative estimate of drug-likeness (QED) is 0.174. The molecule has 65 heavy (non-hydrogen) atoms. The van der Waals surface area contributed by atoms with Gasteiger partial charge in [-0.3, -0.25) is 4.98 Å². The lowest BCUT2D eigenvalue weighted by Crippen LogP contribution is -2.28. The molecule has 0 saturated heterocycles. The van der Waals surface area contributed by atoms with Crippen molar-refractivity contribution < 1.29 is 9.50 Å². The summed E-state index contributed by atoms with van der Waals surface area (Å²) in [5.41, 5.74) is 15.3. The van der Waals surface area contributed by atoms with E-state index in [0.717, 1.165) is 50.5 Å². The number of phenols is 1. The molecule has 0 saturated carbocycles. The molecule has 320 valence electrons. The van der Waals surface area contributed by atoms with Crippen molar-refractivity contribution in [3.63, 3.8) is 0 Å². The summed E-state index contributed by atoms with van der Waals surface area (Å²) in [5.74, 6) is -0.395. The molecule has 6 aromatic carbocycles. The first-order valence-electron chi connectivity index (χ1n) is 22.5. The Balaban J connectivity index is 1.11. The van der Waals surface area contributed by atoms with E-state index in [9.17, 15) is 5.11 Å². The third kappa shape index (κ3) is 7.86. The van der Waals surface area contributed by atoms with Crippen LogP contribution in [0.25, 0.3) is 67.2 Å². The molecule has 2 aliphatic rings. The van der Waals surface area contributed by atoms with E-state index < -0.39 is 5.82 Å². The minimum Gasteiger partial charge on any atom is -0.506 e. The van der Waals surface area contributed by atoms with Crippen LogP contribution in [0.15, 0.2) is 188 Å². The van der Waals surface area contributed by atoms with Gasteiger partial charge in [0.1, 0.15) is 11.6 Å². The molecule has 10 rings (SSSR count). The molecule has 1 aliphatic heterocycles. The Morgan fingerprint density at radius 3 is 1.86 bits per heavy atom. The van der Waals surface area contributed by atoms with E-state index in [1.54, 1.807) is 6.07 Å². The average Bonchev–Trinajstić information content (AvgIpc) is 3.66. The van der Waals surface area contributed by atoms with E-state index in [2.05, 4.69) is 180 Å². The van der Waals surface area contributed by atoms with Crippen molar-refractivity contribution in [1.29, 1.82) is 0 Å². The molecule has 1 aliphatic carbocycles. The molecule has 8 aromatic rings. The summed E-state index contributed by atoms with van der Waals surface area (Å²) in [4.78, 5) is 12.7. The molecular formula is C60H52FN3O. The zero-order valence-electron chi connectivity index (χ0n) is 37.7. The zero-order valence-corrected chi connectivity index (χ0v) is 37.7. The fourth-order valence-corrected chi connectivity index (χ4v) is 9.39. The summed E-state index contributed by atoms with van der Waals surface area (Å²) in [5, 5.41) is 11.9. The van der Waals surface area contributed by atoms with Crippen LogP contribution in [0, 0.1) is 5.82 Å². The number of aromatic nitrogens is 2. The second kappa shape index (κ2) is 16.3. The normalized spacial score (nSPS) is 15.5. The van der Waals surface area contributed by atoms with Gasteiger partial charge in [-0.1, -0.05) is 169 Å². The Hall–Kier alpha value is -7.37. The van der Waals surface area contributed by atoms with Crippen LogP contribution in [0.4, 0.5) is 15.8 Å². The number of hydrogen-bond donors (Lipinski definition) is 1. The lowest BCUT2D eigenvalue weighted by molar-refractivity contribution is 0.474. The number of para-hydroxylation sites is 2. The van der Waals surface area contributed by atoms with Crippen LogP contribution in [0.5, 0.6) is 5.75 Å². The molecule has 2 atom stereocenters. The number of pyridine rings is 2. The number of anilines is 2. The Labute approximate surface area is 382 Å². The largest absolute Gasteiger partial charge is 0.506 e. The fourth-order valence-electron chi connectivity index (χ4n) is 9.39. The number of halogens is 1. The standard InChI is InChI=1S/C60H52FN3O/c1-59(2,3)44-32-42(33-45(37-44)60(4,5)6)43-35-53(63-54(36-43)50-27-28-51(61)56(58(50)65)38-17-9-7-10-18-38)41-20-15-19-40(31-41)52-34-39(29-30-62-52)47-24-16-25-49-48-23-13-14-26-55(48)64(57(47)49)46-21-11-8-12-22-46/h7-37,48,55,65H,1-6H3. The van der Waals surface area contributed by atoms with Crippen molar-refractivity contribution in [1.82, 2.24) is 9.97 Å². The lowest BCUT2D eigenvalue weighted by atomic mass is 9.79. The van der Waals surface area contributed by atoms with E-state index >= 15 is 4.39 Å². The molecule has 5 heteroatoms. The van der Waals surface area contributed by atoms with Gasteiger partial charge in [0.15, 0.2) is 0 Å². The third-order valence-corrected chi connectivity index (χ3v) is 12.9. The van der Waals surface area contributed by atoms with Gasteiger partial charge in [-0.2, -0.15) is 0 Å². The van der Waals surface area contributed by atoms with Crippen molar-refractivity contribution in [3.8, 4) is 72.9 Å². The molecule has 4 nitrogen and oxygen atoms in total. The third-order valence-electron chi connectivity index (χ3n) is 12.9. The van der Waals surface area contributed by atoms with Gasteiger partial charge in [0, 0.05) is 40.1 Å². The first kappa shape index (κ1) is 41.6. The summed E-state index contributed by atoms with van der Waals surface area (Å²) in [6.07, 6.45) is 10.8. The molecule has 0 amide bonds. The number of allylic oxidation sites excluding steroid dienone is 2. The average molecular weight is 850 g/mol. The number of phenolic OH excluding ortho intramolecular Hbond substituents is 1. The SMILES string of the molecule is CC(C)(C)c1cc(-c2cc(-c3cccc(-c4cc(-c5cccc6c5N(c5ccccc5)C5C=CC=CC65)ccn4)c3)nc(-c3ccc(F)c(-c4ccccc4)c3O)c2)cc(C(C)(C)C)c1. The van der Waals surface area contributed by atoms with Gasteiger partial charge in [-0.15, -0.1) is 0 Å². The van der Waals surface area contributed by atoms with Crippen molar-refractivity contribution in [3.05, 3.63) is 211 Å². The Bertz CT molecular complexity index is 3120. The van der Waals surface area contributed by atoms with Crippen LogP contribution >= 0.6 is 0 Å². The molecule has 1 N–H and O–H groups in total. The number of rotatable bonds is 7. The topological polar surface area (TPSA) is 49.2 Å². The van der Waals surface area contributed by atoms with E-state index in [-0.39, 0.29) is 34.1 Å². The second-order valence-corrected chi connectivity index (χ2v) is 19.4. The van der Waals surface area contributed by atoms with Gasteiger partial charge in [0.25, 0.3) is 0 Å². The molecule has 3 heterocycles. The van der Waals surface area contributed by atoms with Gasteiger partial charge in [-0.25, -0.2) is 9.37 Å². The number of aromatic hydroxyl groups is 1. The smallest absolute Gasteiger partial charge is 0.135 e. The van der Waals surface area contributed by atoms with Gasteiger partial charge < -0.3 is 10.0 Å². The summed E-state index contributed by atoms with van der Waals surface area (Å²) in [7, 11) is 0. The fraction of sp³-hybridized carbons (Fsp3) is 0.167. The predicted molar refractivity (Wildman–Crippen MR) is 267 cm³/mol. The summed E-state index contributed by atoms with van der Waals surface area (Å²) < 4.78 is 15.6. The maximum Gasteiger partial charge on any atom is 0.135 e. The Morgan fingerprint density at radius 1 is 0.523 bits per heavy atom. The molecule has 0 fully saturated rings. The monoisotopic (exact) mass is 849 g/mol. The van der Waals surface area contributed by atoms with Crippen LogP contribution in [0.2, 0.25) is 0 Å². The van der Waals surface area contributed by atoms with E-state index in [1.807, 2.05) is 42.6 Å². The van der Waals surface area contributed by atoms with E-state index in [1.165, 1.54) is 28.4 Å². The molecule has 0 radical (unpaired) electrons. The summed E-state index contributed by atoms with van der Waals surface area (Å²) in [6, 6.07) is 53.4. The van der Waals surface area contributed by atoms with E-state index in [4.69, 9.17) is 9.97 Å². The molecular weight excluding hydrogens is 798 g/mol. The molecule has 2 unspecified atom stereocenters. The van der Waals surface area contributed by atoms with Crippen LogP contribution in [0.3, 0.4) is 0 Å². The maximum atomic E-state index is 15.6. The number of nitrogens with zero attached hydrogens (tertiary/aromatic N) is 3. The van der Waals surface area contributed by atoms with Gasteiger partial charge >= 0.3 is 0 Å². The minimum absolute atomic E-state index is 0.101. The van der Waals surface area contributed by atoms with Crippen molar-refractivity contribution >= 4 is 11.4 Å². The summed E-state index contributed by atoms with van der Waals surface area (Å²) in [6.45, 7) is 13.4. The van der Waals surface area contributed by atoms with Crippen molar-refractivity contribution in [2.45, 2.75) is 64.3 Å². The van der Waals surface area contributed by atoms with Crippen molar-refractivity contribution in [2.24, 2.45) is 0 Å². The van der Waals surface area contributed by atoms with Gasteiger partial charge in [0.05, 0.1) is 34.4 Å². The zero-order chi connectivity index (χ0) is 45.0. The first-order valence-corrected chi connectivity index (χ1v) is 22.5. The molecule has 2 aromatic heterocycles. The molecule has 0 spiro atoms. The van der Waals surface area contributed by atoms with Crippen LogP contribution in [0.1, 0.15) is 64.2 Å². The Morgan fingerprint density at radius 2 is 1.14 bits per heavy atom. The molecule has 0 bridgehead atoms. The highest BCUT2D eigenvalue weighted by atomic mass is 19.1. The number of fused-ring (bicyclic) bond motifs is 3. The highest BCUT2D eigenvalue weighted by Crippen LogP contribution is 2.52. The van der Waals surface area contributed by atoms with Crippen molar-refractivity contribution in [2.75, 3.05) is 4.90 Å². The number of hydrogen-bond acceptors (Lipinski definition) is 4. The number of benzene rings is 6. The van der Waals surface area contributed by atoms with Crippen LogP contribution < -0.4 is 4.90 Å². The first-order chi connectivity index (χ1) is 31.3. The maximum absolute atomic E-state index is 15.6. The van der Waals surface area contributed by atoms with Gasteiger partial charge in [0.2, 0.25) is 0 Å². The summed E-state index contributed by atoms with van der Waals surface area (Å²) >= 11 is 0. The van der Waals surface area contributed by atoms with Crippen LogP contribution in [-0.4, -0.2) is 21.1 Å².